The molecule has 1 unspecified atom stereocenters. The van der Waals surface area contributed by atoms with Crippen LogP contribution in [0.25, 0.3) is 22.3 Å². The van der Waals surface area contributed by atoms with Crippen molar-refractivity contribution in [3.05, 3.63) is 172 Å². The molecule has 5 aromatic carbocycles. The van der Waals surface area contributed by atoms with Gasteiger partial charge in [0.1, 0.15) is 17.2 Å². The van der Waals surface area contributed by atoms with Gasteiger partial charge in [0.2, 0.25) is 18.2 Å². The van der Waals surface area contributed by atoms with E-state index in [0.717, 1.165) is 29.1 Å². The number of aryl methyl sites for hydroxylation is 2. The number of benzene rings is 5. The molecule has 0 radical (unpaired) electrons. The third-order valence-corrected chi connectivity index (χ3v) is 12.9. The van der Waals surface area contributed by atoms with Crippen molar-refractivity contribution in [1.29, 1.82) is 0 Å². The third-order valence-electron chi connectivity index (χ3n) is 12.5. The van der Waals surface area contributed by atoms with Crippen LogP contribution < -0.4 is 46.9 Å². The zero-order valence-corrected chi connectivity index (χ0v) is 43.3. The van der Waals surface area contributed by atoms with E-state index in [1.54, 1.807) is 96.4 Å². The van der Waals surface area contributed by atoms with Gasteiger partial charge in [0.25, 0.3) is 11.8 Å². The summed E-state index contributed by atoms with van der Waals surface area (Å²) in [4.78, 5) is 51.0. The fourth-order valence-corrected chi connectivity index (χ4v) is 9.18. The highest BCUT2D eigenvalue weighted by Gasteiger charge is 2.27. The van der Waals surface area contributed by atoms with E-state index in [2.05, 4.69) is 57.3 Å². The second-order valence-corrected chi connectivity index (χ2v) is 18.8. The van der Waals surface area contributed by atoms with E-state index in [4.69, 9.17) is 37.4 Å². The predicted octanol–water partition coefficient (Wildman–Crippen LogP) is 9.98. The van der Waals surface area contributed by atoms with Gasteiger partial charge in [-0.05, 0) is 121 Å². The average Bonchev–Trinajstić information content (AvgIpc) is 3.44. The number of pyridine rings is 1. The van der Waals surface area contributed by atoms with Gasteiger partial charge in [0.15, 0.2) is 23.3 Å². The molecule has 19 nitrogen and oxygen atoms in total. The molecule has 7 N–H and O–H groups in total. The third kappa shape index (κ3) is 12.7. The van der Waals surface area contributed by atoms with Crippen LogP contribution in [0.1, 0.15) is 32.1 Å². The summed E-state index contributed by atoms with van der Waals surface area (Å²) < 4.78 is 47.8. The number of nitrogens with one attached hydrogen (secondary N) is 6. The molecule has 78 heavy (non-hydrogen) atoms. The molecule has 2 amide bonds. The van der Waals surface area contributed by atoms with Gasteiger partial charge in [-0.25, -0.2) is 23.7 Å². The van der Waals surface area contributed by atoms with Gasteiger partial charge in [-0.3, -0.25) is 31.3 Å². The standard InChI is InChI=1S/C55H49Cl2F2N13O6/c1-31-20-38(10-11-42(31)52(74)67-69-54-60-28-44(58)50(65-54)71-14-17-76-18-15-71)63-39-24-35(22-37(57)26-39)43-8-3-4-9-48(43)78-49-30-72(16-19-77-49)51-45(59)29-61-55(66-51)70-68-53(75)47-13-12-46(32(2)62-47)64-40-23-34(21-36(56)27-40)33-6-5-7-41(73)25-33/h3-13,20-29,49,63-64,73H,14-19,30H2,1-2H3,(H,67,74)(H,68,75)(H,60,65,69)(H,61,66,70). The highest BCUT2D eigenvalue weighted by atomic mass is 35.5. The van der Waals surface area contributed by atoms with E-state index >= 15 is 4.39 Å². The summed E-state index contributed by atoms with van der Waals surface area (Å²) in [6, 6.07) is 33.6. The summed E-state index contributed by atoms with van der Waals surface area (Å²) in [6.45, 7) is 5.97. The number of rotatable bonds is 16. The number of hydrogen-bond acceptors (Lipinski definition) is 17. The van der Waals surface area contributed by atoms with E-state index in [0.29, 0.717) is 87.2 Å². The number of aromatic hydroxyl groups is 1. The fourth-order valence-electron chi connectivity index (χ4n) is 8.71. The number of halogens is 4. The first-order chi connectivity index (χ1) is 37.8. The molecule has 0 saturated carbocycles. The Labute approximate surface area is 455 Å². The molecular weight excluding hydrogens is 1050 g/mol. The summed E-state index contributed by atoms with van der Waals surface area (Å²) in [7, 11) is 0. The first kappa shape index (κ1) is 52.5. The van der Waals surface area contributed by atoms with Crippen LogP contribution >= 0.6 is 23.2 Å². The number of hydrazine groups is 2. The summed E-state index contributed by atoms with van der Waals surface area (Å²) in [5.41, 5.74) is 17.8. The lowest BCUT2D eigenvalue weighted by atomic mass is 10.0. The second kappa shape index (κ2) is 23.6. The van der Waals surface area contributed by atoms with E-state index < -0.39 is 29.7 Å². The van der Waals surface area contributed by atoms with Gasteiger partial charge >= 0.3 is 0 Å². The molecule has 8 aromatic rings. The first-order valence-electron chi connectivity index (χ1n) is 24.4. The van der Waals surface area contributed by atoms with Crippen molar-refractivity contribution in [3.8, 4) is 33.8 Å². The zero-order valence-electron chi connectivity index (χ0n) is 41.8. The molecule has 3 aromatic heterocycles. The SMILES string of the molecule is Cc1cc(Nc2cc(Cl)cc(-c3ccccc3OC3CN(c4nc(NNC(=O)c5ccc(Nc6cc(Cl)cc(-c7cccc(O)c7)c6)c(C)n5)ncc4F)CCO3)c2)ccc1C(=O)NNc1ncc(F)c(N2CCOCC2)n1. The van der Waals surface area contributed by atoms with Crippen LogP contribution in [0.3, 0.4) is 0 Å². The highest BCUT2D eigenvalue weighted by Crippen LogP contribution is 2.37. The van der Waals surface area contributed by atoms with Gasteiger partial charge in [0.05, 0.1) is 50.1 Å². The van der Waals surface area contributed by atoms with Crippen LogP contribution in [-0.4, -0.2) is 94.1 Å². The van der Waals surface area contributed by atoms with E-state index in [1.807, 2.05) is 42.5 Å². The van der Waals surface area contributed by atoms with E-state index in [1.165, 1.54) is 0 Å². The Bertz CT molecular complexity index is 3540. The molecule has 0 spiro atoms. The summed E-state index contributed by atoms with van der Waals surface area (Å²) in [5.74, 6) is -1.64. The van der Waals surface area contributed by atoms with Crippen molar-refractivity contribution in [3.63, 3.8) is 0 Å². The molecule has 2 aliphatic rings. The molecule has 0 aliphatic carbocycles. The average molecular weight is 1100 g/mol. The van der Waals surface area contributed by atoms with Crippen molar-refractivity contribution < 1.29 is 37.7 Å². The van der Waals surface area contributed by atoms with Crippen molar-refractivity contribution in [2.24, 2.45) is 0 Å². The largest absolute Gasteiger partial charge is 0.508 e. The minimum atomic E-state index is -0.849. The molecule has 23 heteroatoms. The lowest BCUT2D eigenvalue weighted by Gasteiger charge is -2.34. The number of aromatic nitrogens is 5. The molecule has 398 valence electrons. The van der Waals surface area contributed by atoms with Crippen molar-refractivity contribution in [2.45, 2.75) is 20.1 Å². The van der Waals surface area contributed by atoms with Gasteiger partial charge in [-0.1, -0.05) is 53.5 Å². The summed E-state index contributed by atoms with van der Waals surface area (Å²) in [5, 5.41) is 17.6. The van der Waals surface area contributed by atoms with Crippen LogP contribution in [0.4, 0.5) is 55.1 Å². The Hall–Kier alpha value is -8.89. The number of para-hydroxylation sites is 1. The molecule has 10 rings (SSSR count). The molecule has 1 atom stereocenters. The summed E-state index contributed by atoms with van der Waals surface area (Å²) in [6.07, 6.45) is 1.21. The van der Waals surface area contributed by atoms with Crippen LogP contribution in [0.5, 0.6) is 11.5 Å². The number of phenols is 1. The number of phenolic OH excluding ortho intramolecular Hbond substituents is 1. The molecule has 5 heterocycles. The van der Waals surface area contributed by atoms with Gasteiger partial charge < -0.3 is 39.8 Å². The number of ether oxygens (including phenoxy) is 3. The predicted molar refractivity (Wildman–Crippen MR) is 294 cm³/mol. The maximum Gasteiger partial charge on any atom is 0.288 e. The Morgan fingerprint density at radius 1 is 0.667 bits per heavy atom. The summed E-state index contributed by atoms with van der Waals surface area (Å²) >= 11 is 13.1. The number of hydrogen-bond donors (Lipinski definition) is 7. The lowest BCUT2D eigenvalue weighted by Crippen LogP contribution is -2.46. The van der Waals surface area contributed by atoms with Gasteiger partial charge in [-0.2, -0.15) is 9.97 Å². The van der Waals surface area contributed by atoms with Crippen molar-refractivity contribution in [2.75, 3.05) is 77.3 Å². The zero-order chi connectivity index (χ0) is 54.3. The Morgan fingerprint density at radius 3 is 2.05 bits per heavy atom. The maximum absolute atomic E-state index is 15.5. The maximum atomic E-state index is 15.5. The van der Waals surface area contributed by atoms with E-state index in [-0.39, 0.29) is 54.7 Å². The molecule has 2 saturated heterocycles. The lowest BCUT2D eigenvalue weighted by molar-refractivity contribution is -0.0863. The van der Waals surface area contributed by atoms with Crippen molar-refractivity contribution in [1.82, 2.24) is 35.8 Å². The molecular formula is C55H49Cl2F2N13O6. The van der Waals surface area contributed by atoms with Crippen LogP contribution in [0.15, 0.2) is 128 Å². The van der Waals surface area contributed by atoms with Gasteiger partial charge in [-0.15, -0.1) is 0 Å². The topological polar surface area (TPSA) is 225 Å². The highest BCUT2D eigenvalue weighted by molar-refractivity contribution is 6.31. The van der Waals surface area contributed by atoms with Crippen molar-refractivity contribution >= 4 is 81.3 Å². The number of carbonyl (C=O) groups is 2. The minimum absolute atomic E-state index is 0.0338. The molecule has 2 aliphatic heterocycles. The van der Waals surface area contributed by atoms with Gasteiger partial charge in [0, 0.05) is 57.9 Å². The molecule has 0 bridgehead atoms. The quantitative estimate of drug-likeness (QED) is 0.0447. The number of anilines is 8. The van der Waals surface area contributed by atoms with E-state index in [9.17, 15) is 19.1 Å². The Morgan fingerprint density at radius 2 is 1.33 bits per heavy atom. The number of nitrogens with zero attached hydrogens (tertiary/aromatic N) is 7. The fraction of sp³-hybridized carbons (Fsp3) is 0.182. The van der Waals surface area contributed by atoms with Crippen LogP contribution in [0, 0.1) is 25.5 Å². The molecule has 2 fully saturated rings. The Kier molecular flexibility index (Phi) is 15.9. The smallest absolute Gasteiger partial charge is 0.288 e. The number of amides is 2. The normalized spacial score (nSPS) is 14.3. The second-order valence-electron chi connectivity index (χ2n) is 18.0. The first-order valence-corrected chi connectivity index (χ1v) is 25.2. The Balaban J connectivity index is 0.751. The monoisotopic (exact) mass is 1100 g/mol. The van der Waals surface area contributed by atoms with Crippen LogP contribution in [0.2, 0.25) is 10.0 Å². The number of morpholine rings is 2. The van der Waals surface area contributed by atoms with Crippen LogP contribution in [-0.2, 0) is 9.47 Å². The minimum Gasteiger partial charge on any atom is -0.508 e. The number of carbonyl (C=O) groups excluding carboxylic acids is 2.